The normalized spacial score (nSPS) is 30.4. The Bertz CT molecular complexity index is 599. The van der Waals surface area contributed by atoms with Crippen LogP contribution >= 0.6 is 11.6 Å². The predicted molar refractivity (Wildman–Crippen MR) is 72.8 cm³/mol. The number of fused-ring (bicyclic) bond motifs is 2. The van der Waals surface area contributed by atoms with Crippen LogP contribution in [0.3, 0.4) is 0 Å². The van der Waals surface area contributed by atoms with Crippen molar-refractivity contribution in [2.45, 2.75) is 6.42 Å². The molecule has 2 aliphatic rings. The first-order valence-corrected chi connectivity index (χ1v) is 6.89. The molecular formula is C15H13ClNO3-. The minimum atomic E-state index is -1.15. The Morgan fingerprint density at radius 3 is 2.55 bits per heavy atom. The summed E-state index contributed by atoms with van der Waals surface area (Å²) >= 11 is 5.86. The highest BCUT2D eigenvalue weighted by atomic mass is 35.5. The van der Waals surface area contributed by atoms with Crippen molar-refractivity contribution < 1.29 is 14.7 Å². The lowest BCUT2D eigenvalue weighted by molar-refractivity contribution is -0.313. The van der Waals surface area contributed by atoms with Crippen LogP contribution in [0.2, 0.25) is 5.02 Å². The molecule has 0 saturated heterocycles. The lowest BCUT2D eigenvalue weighted by Crippen LogP contribution is -2.42. The van der Waals surface area contributed by atoms with Crippen LogP contribution in [-0.4, -0.2) is 11.9 Å². The zero-order valence-electron chi connectivity index (χ0n) is 10.6. The van der Waals surface area contributed by atoms with Gasteiger partial charge < -0.3 is 15.2 Å². The highest BCUT2D eigenvalue weighted by Crippen LogP contribution is 2.48. The van der Waals surface area contributed by atoms with Crippen LogP contribution < -0.4 is 10.4 Å². The summed E-state index contributed by atoms with van der Waals surface area (Å²) in [6.45, 7) is 0. The topological polar surface area (TPSA) is 69.2 Å². The lowest BCUT2D eigenvalue weighted by atomic mass is 9.82. The van der Waals surface area contributed by atoms with E-state index in [9.17, 15) is 14.7 Å². The SMILES string of the molecule is O=C([O-])[C@H]1[C@H](C(=O)Nc2cccc(Cl)c2)[C@H]2C=C[C@@H]1C2. The third-order valence-electron chi connectivity index (χ3n) is 4.13. The summed E-state index contributed by atoms with van der Waals surface area (Å²) in [5.74, 6) is -2.81. The van der Waals surface area contributed by atoms with Gasteiger partial charge in [0.15, 0.2) is 0 Å². The maximum absolute atomic E-state index is 12.4. The first kappa shape index (κ1) is 13.2. The summed E-state index contributed by atoms with van der Waals surface area (Å²) in [6, 6.07) is 6.80. The van der Waals surface area contributed by atoms with Crippen molar-refractivity contribution in [2.24, 2.45) is 23.7 Å². The molecule has 1 aromatic carbocycles. The number of benzene rings is 1. The van der Waals surface area contributed by atoms with Gasteiger partial charge in [-0.2, -0.15) is 0 Å². The molecule has 2 bridgehead atoms. The molecule has 4 atom stereocenters. The fourth-order valence-electron chi connectivity index (χ4n) is 3.29. The number of carboxylic acids is 1. The van der Waals surface area contributed by atoms with Gasteiger partial charge in [0.1, 0.15) is 0 Å². The van der Waals surface area contributed by atoms with E-state index in [-0.39, 0.29) is 17.7 Å². The van der Waals surface area contributed by atoms with Crippen LogP contribution in [0.1, 0.15) is 6.42 Å². The number of amides is 1. The molecule has 1 fully saturated rings. The van der Waals surface area contributed by atoms with E-state index in [4.69, 9.17) is 11.6 Å². The van der Waals surface area contributed by atoms with Gasteiger partial charge in [0, 0.05) is 22.6 Å². The molecule has 1 N–H and O–H groups in total. The number of rotatable bonds is 3. The first-order chi connectivity index (χ1) is 9.56. The second-order valence-corrected chi connectivity index (χ2v) is 5.75. The Balaban J connectivity index is 1.80. The average molecular weight is 291 g/mol. The molecule has 0 heterocycles. The van der Waals surface area contributed by atoms with Crippen LogP contribution in [0, 0.1) is 23.7 Å². The predicted octanol–water partition coefficient (Wildman–Crippen LogP) is 1.47. The van der Waals surface area contributed by atoms with Crippen LogP contribution in [0.4, 0.5) is 5.69 Å². The zero-order chi connectivity index (χ0) is 14.3. The van der Waals surface area contributed by atoms with E-state index in [1.807, 2.05) is 12.2 Å². The molecule has 104 valence electrons. The Morgan fingerprint density at radius 1 is 1.20 bits per heavy atom. The maximum atomic E-state index is 12.4. The summed E-state index contributed by atoms with van der Waals surface area (Å²) in [5.41, 5.74) is 0.575. The highest BCUT2D eigenvalue weighted by Gasteiger charge is 2.48. The average Bonchev–Trinajstić information content (AvgIpc) is 2.98. The fourth-order valence-corrected chi connectivity index (χ4v) is 3.48. The Kier molecular flexibility index (Phi) is 3.26. The molecule has 0 unspecified atom stereocenters. The van der Waals surface area contributed by atoms with E-state index >= 15 is 0 Å². The number of carbonyl (C=O) groups excluding carboxylic acids is 2. The fraction of sp³-hybridized carbons (Fsp3) is 0.333. The number of allylic oxidation sites excluding steroid dienone is 2. The van der Waals surface area contributed by atoms with Gasteiger partial charge in [-0.15, -0.1) is 0 Å². The van der Waals surface area contributed by atoms with Gasteiger partial charge in [-0.3, -0.25) is 4.79 Å². The van der Waals surface area contributed by atoms with Crippen molar-refractivity contribution in [1.29, 1.82) is 0 Å². The standard InChI is InChI=1S/C15H14ClNO3/c16-10-2-1-3-11(7-10)17-14(18)12-8-4-5-9(6-8)13(12)15(19)20/h1-5,7-9,12-13H,6H2,(H,17,18)(H,19,20)/p-1/t8-,9+,12+,13+/m0/s1. The Labute approximate surface area is 121 Å². The van der Waals surface area contributed by atoms with E-state index in [0.29, 0.717) is 17.1 Å². The number of carboxylic acid groups (broad SMARTS) is 1. The van der Waals surface area contributed by atoms with E-state index in [2.05, 4.69) is 5.32 Å². The number of anilines is 1. The summed E-state index contributed by atoms with van der Waals surface area (Å²) in [4.78, 5) is 23.6. The van der Waals surface area contributed by atoms with E-state index in [1.54, 1.807) is 24.3 Å². The van der Waals surface area contributed by atoms with Crippen molar-refractivity contribution in [1.82, 2.24) is 0 Å². The summed E-state index contributed by atoms with van der Waals surface area (Å²) in [5, 5.41) is 14.5. The van der Waals surface area contributed by atoms with Gasteiger partial charge in [0.2, 0.25) is 5.91 Å². The molecule has 0 aliphatic heterocycles. The number of halogens is 1. The zero-order valence-corrected chi connectivity index (χ0v) is 11.3. The number of nitrogens with one attached hydrogen (secondary N) is 1. The summed E-state index contributed by atoms with van der Waals surface area (Å²) in [7, 11) is 0. The van der Waals surface area contributed by atoms with Crippen molar-refractivity contribution in [2.75, 3.05) is 5.32 Å². The molecule has 4 nitrogen and oxygen atoms in total. The minimum Gasteiger partial charge on any atom is -0.550 e. The van der Waals surface area contributed by atoms with E-state index in [0.717, 1.165) is 0 Å². The maximum Gasteiger partial charge on any atom is 0.228 e. The number of carbonyl (C=O) groups is 2. The molecule has 20 heavy (non-hydrogen) atoms. The minimum absolute atomic E-state index is 0.0120. The lowest BCUT2D eigenvalue weighted by Gasteiger charge is -2.27. The van der Waals surface area contributed by atoms with Crippen molar-refractivity contribution >= 4 is 29.2 Å². The third kappa shape index (κ3) is 2.20. The molecule has 3 rings (SSSR count). The molecule has 2 aliphatic carbocycles. The Morgan fingerprint density at radius 2 is 1.90 bits per heavy atom. The quantitative estimate of drug-likeness (QED) is 0.857. The van der Waals surface area contributed by atoms with Crippen LogP contribution in [0.25, 0.3) is 0 Å². The van der Waals surface area contributed by atoms with Gasteiger partial charge in [0.05, 0.1) is 5.92 Å². The largest absolute Gasteiger partial charge is 0.550 e. The molecular weight excluding hydrogens is 278 g/mol. The molecule has 1 amide bonds. The monoisotopic (exact) mass is 290 g/mol. The van der Waals surface area contributed by atoms with Crippen molar-refractivity contribution in [3.8, 4) is 0 Å². The van der Waals surface area contributed by atoms with Crippen molar-refractivity contribution in [3.05, 3.63) is 41.4 Å². The second-order valence-electron chi connectivity index (χ2n) is 5.32. The van der Waals surface area contributed by atoms with E-state index in [1.165, 1.54) is 0 Å². The number of hydrogen-bond acceptors (Lipinski definition) is 3. The highest BCUT2D eigenvalue weighted by molar-refractivity contribution is 6.30. The molecule has 0 spiro atoms. The molecule has 1 aromatic rings. The first-order valence-electron chi connectivity index (χ1n) is 6.52. The van der Waals surface area contributed by atoms with Crippen LogP contribution in [0.15, 0.2) is 36.4 Å². The van der Waals surface area contributed by atoms with Crippen LogP contribution in [-0.2, 0) is 9.59 Å². The van der Waals surface area contributed by atoms with Gasteiger partial charge in [0.25, 0.3) is 0 Å². The molecule has 0 radical (unpaired) electrons. The Hall–Kier alpha value is -1.81. The number of aliphatic carboxylic acids is 1. The summed E-state index contributed by atoms with van der Waals surface area (Å²) in [6.07, 6.45) is 4.53. The smallest absolute Gasteiger partial charge is 0.228 e. The van der Waals surface area contributed by atoms with Crippen LogP contribution in [0.5, 0.6) is 0 Å². The van der Waals surface area contributed by atoms with Gasteiger partial charge in [-0.25, -0.2) is 0 Å². The summed E-state index contributed by atoms with van der Waals surface area (Å²) < 4.78 is 0. The second kappa shape index (κ2) is 4.94. The van der Waals surface area contributed by atoms with Gasteiger partial charge in [-0.1, -0.05) is 29.8 Å². The molecule has 1 saturated carbocycles. The van der Waals surface area contributed by atoms with E-state index < -0.39 is 17.8 Å². The molecule has 0 aromatic heterocycles. The van der Waals surface area contributed by atoms with Crippen molar-refractivity contribution in [3.63, 3.8) is 0 Å². The number of hydrogen-bond donors (Lipinski definition) is 1. The van der Waals surface area contributed by atoms with Gasteiger partial charge in [-0.05, 0) is 36.5 Å². The van der Waals surface area contributed by atoms with Gasteiger partial charge >= 0.3 is 0 Å². The molecule has 5 heteroatoms. The third-order valence-corrected chi connectivity index (χ3v) is 4.36.